The quantitative estimate of drug-likeness (QED) is 0.459. The van der Waals surface area contributed by atoms with E-state index in [1.54, 1.807) is 4.90 Å². The Bertz CT molecular complexity index is 121. The third kappa shape index (κ3) is 2.25. The van der Waals surface area contributed by atoms with Crippen LogP contribution in [0.25, 0.3) is 0 Å². The minimum Gasteiger partial charge on any atom is -0.338 e. The molecular formula is C7H14N2O. The van der Waals surface area contributed by atoms with Crippen LogP contribution in [0.5, 0.6) is 0 Å². The Morgan fingerprint density at radius 2 is 2.30 bits per heavy atom. The average molecular weight is 142 g/mol. The van der Waals surface area contributed by atoms with Crippen molar-refractivity contribution in [1.29, 1.82) is 0 Å². The van der Waals surface area contributed by atoms with Crippen LogP contribution in [0.4, 0.5) is 4.79 Å². The fourth-order valence-corrected chi connectivity index (χ4v) is 0.737. The number of amides is 2. The predicted octanol–water partition coefficient (Wildman–Crippen LogP) is 0.812. The molecule has 0 aromatic heterocycles. The van der Waals surface area contributed by atoms with Crippen LogP contribution < -0.4 is 5.32 Å². The Hall–Kier alpha value is -0.730. The lowest BCUT2D eigenvalue weighted by Gasteiger charge is -2.02. The molecule has 2 amide bonds. The van der Waals surface area contributed by atoms with Crippen LogP contribution in [0.15, 0.2) is 0 Å². The summed E-state index contributed by atoms with van der Waals surface area (Å²) in [6.07, 6.45) is 2.22. The molecule has 0 aromatic rings. The van der Waals surface area contributed by atoms with Crippen molar-refractivity contribution in [3.05, 3.63) is 0 Å². The predicted molar refractivity (Wildman–Crippen MR) is 39.9 cm³/mol. The van der Waals surface area contributed by atoms with Gasteiger partial charge in [0.15, 0.2) is 0 Å². The van der Waals surface area contributed by atoms with Gasteiger partial charge in [0.1, 0.15) is 0 Å². The number of nitrogens with zero attached hydrogens (tertiary/aromatic N) is 1. The summed E-state index contributed by atoms with van der Waals surface area (Å²) in [7, 11) is 0. The first-order valence-corrected chi connectivity index (χ1v) is 3.87. The Balaban J connectivity index is 1.95. The van der Waals surface area contributed by atoms with Crippen molar-refractivity contribution in [2.75, 3.05) is 19.6 Å². The van der Waals surface area contributed by atoms with Gasteiger partial charge in [0, 0.05) is 19.6 Å². The molecule has 3 nitrogen and oxygen atoms in total. The van der Waals surface area contributed by atoms with Crippen LogP contribution in [-0.4, -0.2) is 30.6 Å². The lowest BCUT2D eigenvalue weighted by Crippen LogP contribution is -2.28. The molecule has 1 aliphatic rings. The van der Waals surface area contributed by atoms with E-state index in [1.807, 2.05) is 0 Å². The van der Waals surface area contributed by atoms with E-state index < -0.39 is 0 Å². The zero-order chi connectivity index (χ0) is 7.40. The van der Waals surface area contributed by atoms with E-state index in [4.69, 9.17) is 0 Å². The smallest absolute Gasteiger partial charge is 0.317 e. The molecule has 0 bridgehead atoms. The van der Waals surface area contributed by atoms with E-state index in [0.29, 0.717) is 0 Å². The van der Waals surface area contributed by atoms with Gasteiger partial charge in [0.2, 0.25) is 0 Å². The highest BCUT2D eigenvalue weighted by Gasteiger charge is 2.22. The van der Waals surface area contributed by atoms with Gasteiger partial charge in [-0.3, -0.25) is 0 Å². The molecule has 0 aromatic carbocycles. The standard InChI is InChI=1S/C7H14N2O/c1-2-3-4-8-7(10)9-5-6-9/h2-6H2,1H3,(H,8,10). The third-order valence-electron chi connectivity index (χ3n) is 1.54. The first-order chi connectivity index (χ1) is 4.84. The van der Waals surface area contributed by atoms with E-state index in [1.165, 1.54) is 0 Å². The van der Waals surface area contributed by atoms with E-state index in [9.17, 15) is 4.79 Å². The van der Waals surface area contributed by atoms with Crippen molar-refractivity contribution in [2.24, 2.45) is 0 Å². The van der Waals surface area contributed by atoms with Gasteiger partial charge in [-0.05, 0) is 6.42 Å². The molecule has 0 radical (unpaired) electrons. The Morgan fingerprint density at radius 3 is 2.80 bits per heavy atom. The van der Waals surface area contributed by atoms with Crippen LogP contribution in [0, 0.1) is 0 Å². The second kappa shape index (κ2) is 3.44. The summed E-state index contributed by atoms with van der Waals surface area (Å²) in [6, 6.07) is 0.105. The van der Waals surface area contributed by atoms with Crippen LogP contribution in [0.2, 0.25) is 0 Å². The lowest BCUT2D eigenvalue weighted by molar-refractivity contribution is 0.229. The largest absolute Gasteiger partial charge is 0.338 e. The maximum Gasteiger partial charge on any atom is 0.317 e. The van der Waals surface area contributed by atoms with Gasteiger partial charge in [0.05, 0.1) is 0 Å². The summed E-state index contributed by atoms with van der Waals surface area (Å²) >= 11 is 0. The fraction of sp³-hybridized carbons (Fsp3) is 0.857. The number of unbranched alkanes of at least 4 members (excludes halogenated alkanes) is 1. The molecule has 0 saturated carbocycles. The molecule has 1 aliphatic heterocycles. The molecule has 10 heavy (non-hydrogen) atoms. The molecule has 1 N–H and O–H groups in total. The zero-order valence-corrected chi connectivity index (χ0v) is 6.39. The summed E-state index contributed by atoms with van der Waals surface area (Å²) in [5.74, 6) is 0. The summed E-state index contributed by atoms with van der Waals surface area (Å²) < 4.78 is 0. The Kier molecular flexibility index (Phi) is 2.54. The van der Waals surface area contributed by atoms with Crippen molar-refractivity contribution in [3.8, 4) is 0 Å². The van der Waals surface area contributed by atoms with Gasteiger partial charge in [-0.1, -0.05) is 13.3 Å². The maximum absolute atomic E-state index is 10.9. The van der Waals surface area contributed by atoms with Crippen LogP contribution >= 0.6 is 0 Å². The molecule has 58 valence electrons. The van der Waals surface area contributed by atoms with E-state index >= 15 is 0 Å². The number of carbonyl (C=O) groups is 1. The van der Waals surface area contributed by atoms with Gasteiger partial charge >= 0.3 is 6.03 Å². The molecule has 1 heterocycles. The molecule has 1 saturated heterocycles. The van der Waals surface area contributed by atoms with Crippen molar-refractivity contribution in [3.63, 3.8) is 0 Å². The summed E-state index contributed by atoms with van der Waals surface area (Å²) in [5, 5.41) is 2.83. The summed E-state index contributed by atoms with van der Waals surface area (Å²) in [6.45, 7) is 4.82. The van der Waals surface area contributed by atoms with Gasteiger partial charge < -0.3 is 10.2 Å². The minimum atomic E-state index is 0.105. The summed E-state index contributed by atoms with van der Waals surface area (Å²) in [5.41, 5.74) is 0. The monoisotopic (exact) mass is 142 g/mol. The highest BCUT2D eigenvalue weighted by molar-refractivity contribution is 5.76. The normalized spacial score (nSPS) is 15.1. The fourth-order valence-electron chi connectivity index (χ4n) is 0.737. The molecule has 0 atom stereocenters. The number of hydrogen-bond acceptors (Lipinski definition) is 1. The number of rotatable bonds is 3. The van der Waals surface area contributed by atoms with Gasteiger partial charge in [-0.25, -0.2) is 4.79 Å². The molecule has 3 heteroatoms. The third-order valence-corrected chi connectivity index (χ3v) is 1.54. The summed E-state index contributed by atoms with van der Waals surface area (Å²) in [4.78, 5) is 12.7. The van der Waals surface area contributed by atoms with Gasteiger partial charge in [0.25, 0.3) is 0 Å². The highest BCUT2D eigenvalue weighted by Crippen LogP contribution is 2.02. The highest BCUT2D eigenvalue weighted by atomic mass is 16.2. The Morgan fingerprint density at radius 1 is 1.60 bits per heavy atom. The number of hydrogen-bond donors (Lipinski definition) is 1. The zero-order valence-electron chi connectivity index (χ0n) is 6.39. The second-order valence-corrected chi connectivity index (χ2v) is 2.57. The van der Waals surface area contributed by atoms with E-state index in [0.717, 1.165) is 32.5 Å². The van der Waals surface area contributed by atoms with E-state index in [-0.39, 0.29) is 6.03 Å². The maximum atomic E-state index is 10.9. The minimum absolute atomic E-state index is 0.105. The van der Waals surface area contributed by atoms with Crippen molar-refractivity contribution in [1.82, 2.24) is 10.2 Å². The molecule has 1 fully saturated rings. The molecule has 1 rings (SSSR count). The van der Waals surface area contributed by atoms with Crippen molar-refractivity contribution in [2.45, 2.75) is 19.8 Å². The van der Waals surface area contributed by atoms with Crippen molar-refractivity contribution >= 4 is 6.03 Å². The number of carbonyl (C=O) groups excluding carboxylic acids is 1. The average Bonchev–Trinajstić information content (AvgIpc) is 2.69. The van der Waals surface area contributed by atoms with Crippen LogP contribution in [-0.2, 0) is 0 Å². The molecule has 0 aliphatic carbocycles. The number of nitrogens with one attached hydrogen (secondary N) is 1. The second-order valence-electron chi connectivity index (χ2n) is 2.57. The van der Waals surface area contributed by atoms with Crippen LogP contribution in [0.3, 0.4) is 0 Å². The molecule has 0 unspecified atom stereocenters. The van der Waals surface area contributed by atoms with Crippen LogP contribution in [0.1, 0.15) is 19.8 Å². The van der Waals surface area contributed by atoms with Gasteiger partial charge in [-0.2, -0.15) is 0 Å². The van der Waals surface area contributed by atoms with Crippen molar-refractivity contribution < 1.29 is 4.79 Å². The van der Waals surface area contributed by atoms with Gasteiger partial charge in [-0.15, -0.1) is 0 Å². The lowest BCUT2D eigenvalue weighted by atomic mass is 10.3. The first-order valence-electron chi connectivity index (χ1n) is 3.87. The molecule has 0 spiro atoms. The van der Waals surface area contributed by atoms with E-state index in [2.05, 4.69) is 12.2 Å². The SMILES string of the molecule is CCCCNC(=O)N1CC1. The topological polar surface area (TPSA) is 32.1 Å². The Labute approximate surface area is 61.4 Å². The number of urea groups is 1. The first kappa shape index (κ1) is 7.38. The molecular weight excluding hydrogens is 128 g/mol.